The van der Waals surface area contributed by atoms with Gasteiger partial charge in [0.15, 0.2) is 4.34 Å². The molecule has 0 radical (unpaired) electrons. The number of likely N-dealkylation sites (tertiary alicyclic amines) is 2. The van der Waals surface area contributed by atoms with Gasteiger partial charge < -0.3 is 20.5 Å². The molecule has 0 saturated carbocycles. The fraction of sp³-hybridized carbons (Fsp3) is 0.455. The number of thiazole rings is 1. The summed E-state index contributed by atoms with van der Waals surface area (Å²) in [5, 5.41) is 19.5. The lowest BCUT2D eigenvalue weighted by atomic mass is 10.0. The fourth-order valence-electron chi connectivity index (χ4n) is 5.57. The van der Waals surface area contributed by atoms with Crippen LogP contribution in [0.25, 0.3) is 11.3 Å². The van der Waals surface area contributed by atoms with Crippen LogP contribution in [-0.4, -0.2) is 87.0 Å². The molecule has 1 aromatic heterocycles. The lowest BCUT2D eigenvalue weighted by Crippen LogP contribution is -2.49. The van der Waals surface area contributed by atoms with Crippen molar-refractivity contribution in [2.24, 2.45) is 0 Å². The Morgan fingerprint density at radius 2 is 1.83 bits per heavy atom. The standard InChI is InChI=1S/C33H39Cl2N5O5S2/c1-33(2,3)45-32(44)40-14-11-27(41)29(40)30(43)37-23-6-4-5-21(16-23)26-18-46-31(38-26)47-19-28(42)36-22-9-12-39(13-10-22)17-20-7-8-24(34)25(35)15-20/h4-8,15-16,18,22,27,29,41H,9-14,17,19H2,1-3H3,(H,36,42)(H,37,43)/t27?,29-/m0/s1. The first kappa shape index (κ1) is 35.4. The smallest absolute Gasteiger partial charge is 0.411 e. The van der Waals surface area contributed by atoms with E-state index in [0.717, 1.165) is 53.6 Å². The number of aromatic nitrogens is 1. The van der Waals surface area contributed by atoms with E-state index in [2.05, 4.69) is 15.5 Å². The van der Waals surface area contributed by atoms with E-state index in [1.54, 1.807) is 39.0 Å². The van der Waals surface area contributed by atoms with Gasteiger partial charge in [-0.25, -0.2) is 9.78 Å². The number of aliphatic hydroxyl groups excluding tert-OH is 1. The minimum Gasteiger partial charge on any atom is -0.444 e. The van der Waals surface area contributed by atoms with Gasteiger partial charge in [0.25, 0.3) is 0 Å². The molecule has 0 aliphatic carbocycles. The summed E-state index contributed by atoms with van der Waals surface area (Å²) in [4.78, 5) is 46.9. The Hall–Kier alpha value is -2.87. The Bertz CT molecular complexity index is 1590. The molecule has 252 valence electrons. The molecule has 3 N–H and O–H groups in total. The molecule has 2 atom stereocenters. The Balaban J connectivity index is 1.09. The molecule has 2 fully saturated rings. The lowest BCUT2D eigenvalue weighted by molar-refractivity contribution is -0.123. The highest BCUT2D eigenvalue weighted by molar-refractivity contribution is 8.01. The largest absolute Gasteiger partial charge is 0.444 e. The molecule has 5 rings (SSSR count). The van der Waals surface area contributed by atoms with Gasteiger partial charge in [-0.2, -0.15) is 0 Å². The molecule has 2 saturated heterocycles. The number of carbonyl (C=O) groups is 3. The average Bonchev–Trinajstić information content (AvgIpc) is 3.65. The average molecular weight is 721 g/mol. The number of carbonyl (C=O) groups excluding carboxylic acids is 3. The summed E-state index contributed by atoms with van der Waals surface area (Å²) < 4.78 is 6.20. The number of piperidine rings is 1. The molecule has 47 heavy (non-hydrogen) atoms. The number of nitrogens with zero attached hydrogens (tertiary/aromatic N) is 3. The summed E-state index contributed by atoms with van der Waals surface area (Å²) in [6, 6.07) is 12.0. The van der Waals surface area contributed by atoms with Crippen LogP contribution in [0, 0.1) is 0 Å². The van der Waals surface area contributed by atoms with Gasteiger partial charge in [-0.05, 0) is 69.9 Å². The first-order valence-corrected chi connectivity index (χ1v) is 18.1. The van der Waals surface area contributed by atoms with Crippen LogP contribution in [0.15, 0.2) is 52.2 Å². The van der Waals surface area contributed by atoms with Gasteiger partial charge in [-0.3, -0.25) is 19.4 Å². The van der Waals surface area contributed by atoms with E-state index in [1.165, 1.54) is 28.0 Å². The number of halogens is 2. The molecule has 3 aromatic rings. The van der Waals surface area contributed by atoms with Crippen LogP contribution < -0.4 is 10.6 Å². The van der Waals surface area contributed by atoms with Gasteiger partial charge in [0, 0.05) is 48.9 Å². The highest BCUT2D eigenvalue weighted by Gasteiger charge is 2.42. The van der Waals surface area contributed by atoms with Crippen molar-refractivity contribution in [2.45, 2.75) is 74.7 Å². The third-order valence-electron chi connectivity index (χ3n) is 7.84. The second-order valence-corrected chi connectivity index (χ2v) is 15.6. The Morgan fingerprint density at radius 1 is 1.06 bits per heavy atom. The minimum atomic E-state index is -1.05. The van der Waals surface area contributed by atoms with Gasteiger partial charge in [-0.15, -0.1) is 11.3 Å². The summed E-state index contributed by atoms with van der Waals surface area (Å²) in [7, 11) is 0. The predicted octanol–water partition coefficient (Wildman–Crippen LogP) is 6.30. The number of benzene rings is 2. The van der Waals surface area contributed by atoms with Gasteiger partial charge in [0.2, 0.25) is 11.8 Å². The van der Waals surface area contributed by atoms with E-state index in [1.807, 2.05) is 29.6 Å². The minimum absolute atomic E-state index is 0.0195. The number of hydrogen-bond acceptors (Lipinski definition) is 9. The number of nitrogens with one attached hydrogen (secondary N) is 2. The van der Waals surface area contributed by atoms with Gasteiger partial charge >= 0.3 is 6.09 Å². The Kier molecular flexibility index (Phi) is 11.7. The fourth-order valence-corrected chi connectivity index (χ4v) is 7.54. The van der Waals surface area contributed by atoms with Crippen LogP contribution in [0.3, 0.4) is 0 Å². The zero-order valence-corrected chi connectivity index (χ0v) is 29.6. The van der Waals surface area contributed by atoms with Crippen LogP contribution in [0.5, 0.6) is 0 Å². The van der Waals surface area contributed by atoms with E-state index in [9.17, 15) is 19.5 Å². The molecule has 0 bridgehead atoms. The van der Waals surface area contributed by atoms with Crippen molar-refractivity contribution in [2.75, 3.05) is 30.7 Å². The summed E-state index contributed by atoms with van der Waals surface area (Å²) in [6.45, 7) is 8.05. The van der Waals surface area contributed by atoms with Crippen LogP contribution in [-0.2, 0) is 20.9 Å². The molecule has 1 unspecified atom stereocenters. The molecular weight excluding hydrogens is 681 g/mol. The first-order chi connectivity index (χ1) is 22.3. The van der Waals surface area contributed by atoms with Crippen molar-refractivity contribution in [3.8, 4) is 11.3 Å². The Labute approximate surface area is 293 Å². The molecular formula is C33H39Cl2N5O5S2. The summed E-state index contributed by atoms with van der Waals surface area (Å²) in [6.07, 6.45) is 0.421. The summed E-state index contributed by atoms with van der Waals surface area (Å²) in [5.74, 6) is -0.241. The summed E-state index contributed by atoms with van der Waals surface area (Å²) >= 11 is 15.0. The highest BCUT2D eigenvalue weighted by atomic mass is 35.5. The molecule has 3 amide bonds. The number of amides is 3. The van der Waals surface area contributed by atoms with Crippen molar-refractivity contribution in [3.63, 3.8) is 0 Å². The van der Waals surface area contributed by atoms with Crippen LogP contribution in [0.4, 0.5) is 10.5 Å². The van der Waals surface area contributed by atoms with Crippen LogP contribution in [0.2, 0.25) is 10.0 Å². The summed E-state index contributed by atoms with van der Waals surface area (Å²) in [5.41, 5.74) is 2.43. The van der Waals surface area contributed by atoms with E-state index < -0.39 is 29.7 Å². The maximum atomic E-state index is 13.2. The van der Waals surface area contributed by atoms with E-state index in [4.69, 9.17) is 32.9 Å². The molecule has 2 aromatic carbocycles. The van der Waals surface area contributed by atoms with Crippen molar-refractivity contribution in [3.05, 3.63) is 63.5 Å². The second kappa shape index (κ2) is 15.6. The number of hydrogen-bond donors (Lipinski definition) is 3. The first-order valence-electron chi connectivity index (χ1n) is 15.5. The number of anilines is 1. The van der Waals surface area contributed by atoms with Crippen molar-refractivity contribution < 1.29 is 24.2 Å². The molecule has 14 heteroatoms. The van der Waals surface area contributed by atoms with Gasteiger partial charge in [0.05, 0.1) is 27.6 Å². The van der Waals surface area contributed by atoms with Crippen LogP contribution in [0.1, 0.15) is 45.6 Å². The zero-order valence-electron chi connectivity index (χ0n) is 26.5. The van der Waals surface area contributed by atoms with Crippen LogP contribution >= 0.6 is 46.3 Å². The van der Waals surface area contributed by atoms with Gasteiger partial charge in [-0.1, -0.05) is 53.2 Å². The van der Waals surface area contributed by atoms with E-state index >= 15 is 0 Å². The molecule has 10 nitrogen and oxygen atoms in total. The highest BCUT2D eigenvalue weighted by Crippen LogP contribution is 2.30. The third-order valence-corrected chi connectivity index (χ3v) is 10.6. The normalized spacial score (nSPS) is 19.1. The number of rotatable bonds is 9. The monoisotopic (exact) mass is 719 g/mol. The lowest BCUT2D eigenvalue weighted by Gasteiger charge is -2.32. The molecule has 2 aliphatic heterocycles. The SMILES string of the molecule is CC(C)(C)OC(=O)N1CCC(O)[C@H]1C(=O)Nc1cccc(-c2csc(SCC(=O)NC3CCN(Cc4ccc(Cl)c(Cl)c4)CC3)n2)c1. The number of ether oxygens (including phenoxy) is 1. The topological polar surface area (TPSA) is 124 Å². The maximum Gasteiger partial charge on any atom is 0.411 e. The molecule has 0 spiro atoms. The quantitative estimate of drug-likeness (QED) is 0.220. The number of thioether (sulfide) groups is 1. The van der Waals surface area contributed by atoms with E-state index in [0.29, 0.717) is 15.7 Å². The third kappa shape index (κ3) is 9.84. The number of aliphatic hydroxyl groups is 1. The maximum absolute atomic E-state index is 13.2. The van der Waals surface area contributed by atoms with Gasteiger partial charge in [0.1, 0.15) is 11.6 Å². The van der Waals surface area contributed by atoms with Crippen molar-refractivity contribution in [1.82, 2.24) is 20.1 Å². The van der Waals surface area contributed by atoms with Crippen molar-refractivity contribution in [1.29, 1.82) is 0 Å². The predicted molar refractivity (Wildman–Crippen MR) is 187 cm³/mol. The zero-order chi connectivity index (χ0) is 33.7. The van der Waals surface area contributed by atoms with E-state index in [-0.39, 0.29) is 30.7 Å². The molecule has 3 heterocycles. The molecule has 2 aliphatic rings. The second-order valence-electron chi connectivity index (χ2n) is 12.7. The Morgan fingerprint density at radius 3 is 2.55 bits per heavy atom. The van der Waals surface area contributed by atoms with Crippen molar-refractivity contribution >= 4 is 69.9 Å².